The second kappa shape index (κ2) is 5.09. The van der Waals surface area contributed by atoms with Gasteiger partial charge >= 0.3 is 0 Å². The molecule has 0 aliphatic carbocycles. The summed E-state index contributed by atoms with van der Waals surface area (Å²) in [6.45, 7) is 5.87. The maximum atomic E-state index is 12.7. The minimum Gasteiger partial charge on any atom is -0.315 e. The van der Waals surface area contributed by atoms with Crippen LogP contribution in [0.4, 0.5) is 0 Å². The van der Waals surface area contributed by atoms with Gasteiger partial charge in [-0.2, -0.15) is 0 Å². The lowest BCUT2D eigenvalue weighted by Gasteiger charge is -2.53. The van der Waals surface area contributed by atoms with Gasteiger partial charge in [0.05, 0.1) is 19.6 Å². The van der Waals surface area contributed by atoms with Gasteiger partial charge in [0.25, 0.3) is 0 Å². The van der Waals surface area contributed by atoms with Crippen molar-refractivity contribution in [3.8, 4) is 0 Å². The van der Waals surface area contributed by atoms with Gasteiger partial charge in [0, 0.05) is 25.2 Å². The number of fused-ring (bicyclic) bond motifs is 3. The molecule has 102 valence electrons. The first-order chi connectivity index (χ1) is 9.25. The number of carbonyl (C=O) groups is 1. The van der Waals surface area contributed by atoms with Gasteiger partial charge in [-0.1, -0.05) is 37.3 Å². The summed E-state index contributed by atoms with van der Waals surface area (Å²) in [4.78, 5) is 12.7. The summed E-state index contributed by atoms with van der Waals surface area (Å²) < 4.78 is 1.07. The number of piperidine rings is 3. The second-order valence-corrected chi connectivity index (χ2v) is 6.27. The molecule has 3 saturated heterocycles. The van der Waals surface area contributed by atoms with E-state index in [-0.39, 0.29) is 6.04 Å². The van der Waals surface area contributed by atoms with Crippen LogP contribution in [-0.2, 0) is 11.2 Å². The van der Waals surface area contributed by atoms with Crippen LogP contribution in [0.1, 0.15) is 31.7 Å². The molecule has 0 saturated carbocycles. The van der Waals surface area contributed by atoms with Gasteiger partial charge < -0.3 is 4.48 Å². The average Bonchev–Trinajstić information content (AvgIpc) is 2.45. The van der Waals surface area contributed by atoms with Crippen molar-refractivity contribution < 1.29 is 9.28 Å². The van der Waals surface area contributed by atoms with Gasteiger partial charge in [-0.15, -0.1) is 0 Å². The molecular weight excluding hydrogens is 234 g/mol. The molecule has 3 aliphatic heterocycles. The molecule has 19 heavy (non-hydrogen) atoms. The van der Waals surface area contributed by atoms with Crippen LogP contribution in [0.2, 0.25) is 0 Å². The van der Waals surface area contributed by atoms with E-state index in [0.29, 0.717) is 11.7 Å². The van der Waals surface area contributed by atoms with Crippen molar-refractivity contribution in [1.82, 2.24) is 0 Å². The molecule has 0 aromatic heterocycles. The number of quaternary nitrogens is 1. The Labute approximate surface area is 116 Å². The Hall–Kier alpha value is -1.15. The molecule has 1 atom stereocenters. The molecule has 2 heteroatoms. The fourth-order valence-corrected chi connectivity index (χ4v) is 4.18. The van der Waals surface area contributed by atoms with E-state index >= 15 is 0 Å². The van der Waals surface area contributed by atoms with Crippen molar-refractivity contribution >= 4 is 5.78 Å². The highest BCUT2D eigenvalue weighted by molar-refractivity contribution is 5.86. The molecule has 1 aromatic rings. The Balaban J connectivity index is 1.86. The van der Waals surface area contributed by atoms with Crippen LogP contribution in [0.15, 0.2) is 30.3 Å². The SMILES string of the molecule is CCC[N+]12CCC(CC1)C(=O)[C@@H]2Cc1ccccc1. The minimum atomic E-state index is 0.231. The van der Waals surface area contributed by atoms with E-state index in [9.17, 15) is 4.79 Å². The molecular formula is C17H24NO+. The maximum Gasteiger partial charge on any atom is 0.193 e. The highest BCUT2D eigenvalue weighted by atomic mass is 16.1. The van der Waals surface area contributed by atoms with Crippen molar-refractivity contribution in [2.24, 2.45) is 5.92 Å². The molecule has 2 nitrogen and oxygen atoms in total. The normalized spacial score (nSPS) is 33.6. The number of Topliss-reactive ketones (excluding diaryl/α,β-unsaturated/α-hetero) is 1. The summed E-state index contributed by atoms with van der Waals surface area (Å²) in [6, 6.07) is 10.8. The Bertz CT molecular complexity index is 440. The highest BCUT2D eigenvalue weighted by Gasteiger charge is 2.52. The summed E-state index contributed by atoms with van der Waals surface area (Å²) in [5.41, 5.74) is 1.32. The Kier molecular flexibility index (Phi) is 3.44. The Morgan fingerprint density at radius 1 is 1.16 bits per heavy atom. The van der Waals surface area contributed by atoms with Crippen molar-refractivity contribution in [2.45, 2.75) is 38.6 Å². The number of ketones is 1. The zero-order chi connectivity index (χ0) is 13.3. The number of rotatable bonds is 4. The maximum absolute atomic E-state index is 12.7. The summed E-state index contributed by atoms with van der Waals surface area (Å²) >= 11 is 0. The fraction of sp³-hybridized carbons (Fsp3) is 0.588. The lowest BCUT2D eigenvalue weighted by Crippen LogP contribution is -2.69. The van der Waals surface area contributed by atoms with Crippen molar-refractivity contribution in [1.29, 1.82) is 0 Å². The van der Waals surface area contributed by atoms with E-state index in [0.717, 1.165) is 23.7 Å². The fourth-order valence-electron chi connectivity index (χ4n) is 4.18. The van der Waals surface area contributed by atoms with E-state index in [1.165, 1.54) is 31.6 Å². The third-order valence-electron chi connectivity index (χ3n) is 5.18. The molecule has 0 unspecified atom stereocenters. The van der Waals surface area contributed by atoms with E-state index in [4.69, 9.17) is 0 Å². The van der Waals surface area contributed by atoms with Gasteiger partial charge in [-0.25, -0.2) is 0 Å². The molecule has 0 amide bonds. The molecule has 4 rings (SSSR count). The predicted octanol–water partition coefficient (Wildman–Crippen LogP) is 2.82. The standard InChI is InChI=1S/C17H24NO/c1-2-10-18-11-8-15(9-12-18)17(19)16(18)13-14-6-4-3-5-7-14/h3-7,15-16H,2,8-13H2,1H3/q+1/t15?,16-,18?/m0/s1. The topological polar surface area (TPSA) is 17.1 Å². The van der Waals surface area contributed by atoms with Gasteiger partial charge in [-0.05, 0) is 12.0 Å². The van der Waals surface area contributed by atoms with Crippen LogP contribution in [-0.4, -0.2) is 35.9 Å². The molecule has 2 bridgehead atoms. The van der Waals surface area contributed by atoms with E-state index < -0.39 is 0 Å². The molecule has 0 radical (unpaired) electrons. The number of nitrogens with zero attached hydrogens (tertiary/aromatic N) is 1. The van der Waals surface area contributed by atoms with Gasteiger partial charge in [0.15, 0.2) is 11.8 Å². The summed E-state index contributed by atoms with van der Waals surface area (Å²) in [6.07, 6.45) is 4.38. The summed E-state index contributed by atoms with van der Waals surface area (Å²) in [5, 5.41) is 0. The van der Waals surface area contributed by atoms with Crippen molar-refractivity contribution in [3.05, 3.63) is 35.9 Å². The molecule has 3 heterocycles. The number of hydrogen-bond donors (Lipinski definition) is 0. The quantitative estimate of drug-likeness (QED) is 0.759. The second-order valence-electron chi connectivity index (χ2n) is 6.27. The average molecular weight is 258 g/mol. The van der Waals surface area contributed by atoms with Crippen molar-refractivity contribution in [2.75, 3.05) is 19.6 Å². The van der Waals surface area contributed by atoms with Crippen LogP contribution in [0.25, 0.3) is 0 Å². The lowest BCUT2D eigenvalue weighted by molar-refractivity contribution is -0.953. The first kappa shape index (κ1) is 12.9. The minimum absolute atomic E-state index is 0.231. The first-order valence-corrected chi connectivity index (χ1v) is 7.68. The van der Waals surface area contributed by atoms with Crippen LogP contribution in [0.5, 0.6) is 0 Å². The van der Waals surface area contributed by atoms with Gasteiger partial charge in [0.1, 0.15) is 0 Å². The highest BCUT2D eigenvalue weighted by Crippen LogP contribution is 2.37. The number of carbonyl (C=O) groups excluding carboxylic acids is 1. The third kappa shape index (κ3) is 2.23. The van der Waals surface area contributed by atoms with Gasteiger partial charge in [0.2, 0.25) is 0 Å². The lowest BCUT2D eigenvalue weighted by atomic mass is 9.77. The summed E-state index contributed by atoms with van der Waals surface area (Å²) in [7, 11) is 0. The van der Waals surface area contributed by atoms with Crippen molar-refractivity contribution in [3.63, 3.8) is 0 Å². The van der Waals surface area contributed by atoms with Crippen LogP contribution < -0.4 is 0 Å². The third-order valence-corrected chi connectivity index (χ3v) is 5.18. The monoisotopic (exact) mass is 258 g/mol. The molecule has 0 N–H and O–H groups in total. The van der Waals surface area contributed by atoms with E-state index in [1.54, 1.807) is 0 Å². The predicted molar refractivity (Wildman–Crippen MR) is 76.8 cm³/mol. The first-order valence-electron chi connectivity index (χ1n) is 7.68. The number of hydrogen-bond acceptors (Lipinski definition) is 1. The largest absolute Gasteiger partial charge is 0.315 e. The van der Waals surface area contributed by atoms with Crippen LogP contribution in [0, 0.1) is 5.92 Å². The number of benzene rings is 1. The van der Waals surface area contributed by atoms with E-state index in [1.807, 2.05) is 0 Å². The molecule has 3 aliphatic rings. The molecule has 0 spiro atoms. The van der Waals surface area contributed by atoms with Gasteiger partial charge in [-0.3, -0.25) is 4.79 Å². The zero-order valence-electron chi connectivity index (χ0n) is 11.8. The Morgan fingerprint density at radius 2 is 1.84 bits per heavy atom. The molecule has 1 aromatic carbocycles. The zero-order valence-corrected chi connectivity index (χ0v) is 11.8. The van der Waals surface area contributed by atoms with Crippen LogP contribution >= 0.6 is 0 Å². The summed E-state index contributed by atoms with van der Waals surface area (Å²) in [5.74, 6) is 0.917. The molecule has 3 fully saturated rings. The smallest absolute Gasteiger partial charge is 0.193 e. The van der Waals surface area contributed by atoms with Crippen LogP contribution in [0.3, 0.4) is 0 Å². The Morgan fingerprint density at radius 3 is 2.47 bits per heavy atom. The van der Waals surface area contributed by atoms with E-state index in [2.05, 4.69) is 37.3 Å².